The van der Waals surface area contributed by atoms with Crippen LogP contribution in [0.4, 0.5) is 0 Å². The van der Waals surface area contributed by atoms with E-state index in [1.54, 1.807) is 22.6 Å². The van der Waals surface area contributed by atoms with Crippen LogP contribution < -0.4 is 0 Å². The summed E-state index contributed by atoms with van der Waals surface area (Å²) >= 11 is 5.21. The molecule has 3 nitrogen and oxygen atoms in total. The number of carbonyl (C=O) groups is 1. The van der Waals surface area contributed by atoms with Crippen LogP contribution in [0, 0.1) is 0 Å². The van der Waals surface area contributed by atoms with Crippen LogP contribution in [0.1, 0.15) is 43.1 Å². The van der Waals surface area contributed by atoms with E-state index in [1.165, 1.54) is 25.7 Å². The molecular formula is C12H17BrN2OS. The standard InChI is InChI=1S/C12H17BrN2OS/c1-2-15-12(10(13)7-14-15)11(16)8-17-9-5-3-4-6-9/h7,9H,2-6,8H2,1H3. The summed E-state index contributed by atoms with van der Waals surface area (Å²) in [6, 6.07) is 0. The molecule has 1 heterocycles. The van der Waals surface area contributed by atoms with Gasteiger partial charge in [0.2, 0.25) is 0 Å². The molecule has 0 aromatic carbocycles. The number of thioether (sulfide) groups is 1. The fourth-order valence-corrected chi connectivity index (χ4v) is 3.90. The zero-order valence-corrected chi connectivity index (χ0v) is 12.4. The lowest BCUT2D eigenvalue weighted by Gasteiger charge is -2.08. The third-order valence-corrected chi connectivity index (χ3v) is 5.06. The maximum atomic E-state index is 12.2. The Balaban J connectivity index is 1.96. The maximum absolute atomic E-state index is 12.2. The monoisotopic (exact) mass is 316 g/mol. The first-order valence-electron chi connectivity index (χ1n) is 6.08. The lowest BCUT2D eigenvalue weighted by molar-refractivity contribution is 0.101. The second kappa shape index (κ2) is 6.05. The molecule has 1 saturated carbocycles. The normalized spacial score (nSPS) is 16.6. The number of hydrogen-bond acceptors (Lipinski definition) is 3. The third kappa shape index (κ3) is 3.13. The Morgan fingerprint density at radius 1 is 1.59 bits per heavy atom. The summed E-state index contributed by atoms with van der Waals surface area (Å²) in [5.41, 5.74) is 0.720. The number of carbonyl (C=O) groups excluding carboxylic acids is 1. The number of rotatable bonds is 5. The van der Waals surface area contributed by atoms with Crippen molar-refractivity contribution in [3.8, 4) is 0 Å². The molecule has 0 atom stereocenters. The van der Waals surface area contributed by atoms with Gasteiger partial charge in [0, 0.05) is 11.8 Å². The highest BCUT2D eigenvalue weighted by Gasteiger charge is 2.20. The van der Waals surface area contributed by atoms with E-state index >= 15 is 0 Å². The fourth-order valence-electron chi connectivity index (χ4n) is 2.20. The number of aryl methyl sites for hydroxylation is 1. The summed E-state index contributed by atoms with van der Waals surface area (Å²) in [7, 11) is 0. The van der Waals surface area contributed by atoms with E-state index in [4.69, 9.17) is 0 Å². The first-order valence-corrected chi connectivity index (χ1v) is 7.92. The van der Waals surface area contributed by atoms with Crippen molar-refractivity contribution >= 4 is 33.5 Å². The lowest BCUT2D eigenvalue weighted by atomic mass is 10.3. The number of ketones is 1. The van der Waals surface area contributed by atoms with Crippen LogP contribution in [0.5, 0.6) is 0 Å². The minimum atomic E-state index is 0.188. The average Bonchev–Trinajstić information content (AvgIpc) is 2.94. The SMILES string of the molecule is CCn1ncc(Br)c1C(=O)CSC1CCCC1. The minimum absolute atomic E-state index is 0.188. The summed E-state index contributed by atoms with van der Waals surface area (Å²) in [5, 5.41) is 4.87. The summed E-state index contributed by atoms with van der Waals surface area (Å²) < 4.78 is 2.58. The third-order valence-electron chi connectivity index (χ3n) is 3.11. The molecule has 0 bridgehead atoms. The smallest absolute Gasteiger partial charge is 0.191 e. The van der Waals surface area contributed by atoms with Crippen molar-refractivity contribution in [3.05, 3.63) is 16.4 Å². The molecule has 0 amide bonds. The molecule has 1 aromatic heterocycles. The minimum Gasteiger partial charge on any atom is -0.291 e. The molecule has 5 heteroatoms. The molecule has 0 N–H and O–H groups in total. The summed E-state index contributed by atoms with van der Waals surface area (Å²) in [5.74, 6) is 0.766. The number of halogens is 1. The summed E-state index contributed by atoms with van der Waals surface area (Å²) in [6.45, 7) is 2.74. The number of aromatic nitrogens is 2. The van der Waals surface area contributed by atoms with Crippen molar-refractivity contribution in [2.24, 2.45) is 0 Å². The molecule has 1 aliphatic rings. The van der Waals surface area contributed by atoms with E-state index in [2.05, 4.69) is 21.0 Å². The lowest BCUT2D eigenvalue weighted by Crippen LogP contribution is -2.13. The van der Waals surface area contributed by atoms with Crippen LogP contribution in [0.3, 0.4) is 0 Å². The van der Waals surface area contributed by atoms with Gasteiger partial charge >= 0.3 is 0 Å². The van der Waals surface area contributed by atoms with Gasteiger partial charge in [-0.2, -0.15) is 16.9 Å². The van der Waals surface area contributed by atoms with Gasteiger partial charge in [-0.3, -0.25) is 9.48 Å². The van der Waals surface area contributed by atoms with Gasteiger partial charge in [0.15, 0.2) is 5.78 Å². The highest BCUT2D eigenvalue weighted by Crippen LogP contribution is 2.30. The van der Waals surface area contributed by atoms with Crippen LogP contribution in [0.15, 0.2) is 10.7 Å². The molecule has 0 spiro atoms. The Hall–Kier alpha value is -0.290. The van der Waals surface area contributed by atoms with E-state index in [0.29, 0.717) is 11.0 Å². The molecule has 0 unspecified atom stereocenters. The molecule has 2 rings (SSSR count). The molecule has 17 heavy (non-hydrogen) atoms. The molecule has 1 aliphatic carbocycles. The van der Waals surface area contributed by atoms with Crippen LogP contribution >= 0.6 is 27.7 Å². The molecule has 1 aromatic rings. The number of nitrogens with zero attached hydrogens (tertiary/aromatic N) is 2. The Labute approximate surface area is 114 Å². The average molecular weight is 317 g/mol. The van der Waals surface area contributed by atoms with E-state index < -0.39 is 0 Å². The van der Waals surface area contributed by atoms with Gasteiger partial charge in [0.25, 0.3) is 0 Å². The van der Waals surface area contributed by atoms with Crippen LogP contribution in [-0.2, 0) is 6.54 Å². The van der Waals surface area contributed by atoms with Crippen molar-refractivity contribution in [2.75, 3.05) is 5.75 Å². The molecular weight excluding hydrogens is 300 g/mol. The topological polar surface area (TPSA) is 34.9 Å². The van der Waals surface area contributed by atoms with Gasteiger partial charge in [0.05, 0.1) is 16.4 Å². The quantitative estimate of drug-likeness (QED) is 0.779. The highest BCUT2D eigenvalue weighted by atomic mass is 79.9. The Bertz CT molecular complexity index is 399. The van der Waals surface area contributed by atoms with Gasteiger partial charge in [-0.05, 0) is 35.7 Å². The van der Waals surface area contributed by atoms with Gasteiger partial charge in [-0.15, -0.1) is 0 Å². The molecule has 1 fully saturated rings. The Morgan fingerprint density at radius 2 is 2.29 bits per heavy atom. The second-order valence-electron chi connectivity index (χ2n) is 4.30. The van der Waals surface area contributed by atoms with Crippen LogP contribution in [-0.4, -0.2) is 26.6 Å². The molecule has 0 aliphatic heterocycles. The largest absolute Gasteiger partial charge is 0.291 e. The maximum Gasteiger partial charge on any atom is 0.191 e. The van der Waals surface area contributed by atoms with Crippen molar-refractivity contribution in [1.82, 2.24) is 9.78 Å². The summed E-state index contributed by atoms with van der Waals surface area (Å²) in [4.78, 5) is 12.2. The van der Waals surface area contributed by atoms with Gasteiger partial charge in [-0.1, -0.05) is 12.8 Å². The van der Waals surface area contributed by atoms with Crippen molar-refractivity contribution in [1.29, 1.82) is 0 Å². The Kier molecular flexibility index (Phi) is 4.68. The van der Waals surface area contributed by atoms with E-state index in [-0.39, 0.29) is 5.78 Å². The molecule has 94 valence electrons. The molecule has 0 radical (unpaired) electrons. The zero-order valence-electron chi connectivity index (χ0n) is 9.99. The van der Waals surface area contributed by atoms with Gasteiger partial charge in [0.1, 0.15) is 5.69 Å². The van der Waals surface area contributed by atoms with E-state index in [9.17, 15) is 4.79 Å². The summed E-state index contributed by atoms with van der Waals surface area (Å²) in [6.07, 6.45) is 6.89. The van der Waals surface area contributed by atoms with Gasteiger partial charge < -0.3 is 0 Å². The highest BCUT2D eigenvalue weighted by molar-refractivity contribution is 9.10. The van der Waals surface area contributed by atoms with Crippen molar-refractivity contribution in [2.45, 2.75) is 44.4 Å². The second-order valence-corrected chi connectivity index (χ2v) is 6.44. The van der Waals surface area contributed by atoms with Gasteiger partial charge in [-0.25, -0.2) is 0 Å². The number of hydrogen-bond donors (Lipinski definition) is 0. The fraction of sp³-hybridized carbons (Fsp3) is 0.667. The van der Waals surface area contributed by atoms with E-state index in [0.717, 1.165) is 16.7 Å². The molecule has 0 saturated heterocycles. The number of Topliss-reactive ketones (excluding diaryl/α,β-unsaturated/α-hetero) is 1. The van der Waals surface area contributed by atoms with Crippen molar-refractivity contribution < 1.29 is 4.79 Å². The van der Waals surface area contributed by atoms with Crippen LogP contribution in [0.2, 0.25) is 0 Å². The predicted octanol–water partition coefficient (Wildman–Crippen LogP) is 3.52. The zero-order chi connectivity index (χ0) is 12.3. The first kappa shape index (κ1) is 13.1. The predicted molar refractivity (Wildman–Crippen MR) is 74.6 cm³/mol. The Morgan fingerprint density at radius 3 is 2.94 bits per heavy atom. The van der Waals surface area contributed by atoms with E-state index in [1.807, 2.05) is 6.92 Å². The van der Waals surface area contributed by atoms with Crippen molar-refractivity contribution in [3.63, 3.8) is 0 Å². The van der Waals surface area contributed by atoms with Crippen LogP contribution in [0.25, 0.3) is 0 Å². The first-order chi connectivity index (χ1) is 8.22.